The van der Waals surface area contributed by atoms with Crippen LogP contribution in [0.4, 0.5) is 5.13 Å². The quantitative estimate of drug-likeness (QED) is 0.831. The van der Waals surface area contributed by atoms with Gasteiger partial charge in [-0.2, -0.15) is 4.37 Å². The van der Waals surface area contributed by atoms with Gasteiger partial charge in [0.05, 0.1) is 0 Å². The second kappa shape index (κ2) is 4.45. The standard InChI is InChI=1S/C10H18N4S/c1-7(14(2)3)6-11-10-12-9(13-15-10)8-4-5-8/h7-8H,4-6H2,1-3H3,(H,11,12,13). The van der Waals surface area contributed by atoms with Crippen molar-refractivity contribution >= 4 is 16.7 Å². The van der Waals surface area contributed by atoms with E-state index in [1.54, 1.807) is 0 Å². The maximum Gasteiger partial charge on any atom is 0.202 e. The lowest BCUT2D eigenvalue weighted by Gasteiger charge is -2.19. The highest BCUT2D eigenvalue weighted by Gasteiger charge is 2.27. The largest absolute Gasteiger partial charge is 0.359 e. The van der Waals surface area contributed by atoms with E-state index in [1.165, 1.54) is 24.4 Å². The minimum Gasteiger partial charge on any atom is -0.359 e. The van der Waals surface area contributed by atoms with Gasteiger partial charge in [-0.15, -0.1) is 0 Å². The van der Waals surface area contributed by atoms with Crippen LogP contribution in [-0.2, 0) is 0 Å². The van der Waals surface area contributed by atoms with E-state index in [0.717, 1.165) is 17.5 Å². The van der Waals surface area contributed by atoms with E-state index >= 15 is 0 Å². The highest BCUT2D eigenvalue weighted by atomic mass is 32.1. The minimum absolute atomic E-state index is 0.512. The van der Waals surface area contributed by atoms with Crippen molar-refractivity contribution in [2.24, 2.45) is 0 Å². The molecule has 1 aromatic rings. The summed E-state index contributed by atoms with van der Waals surface area (Å²) in [5.74, 6) is 1.70. The zero-order chi connectivity index (χ0) is 10.8. The summed E-state index contributed by atoms with van der Waals surface area (Å²) in [4.78, 5) is 6.67. The molecule has 1 aliphatic carbocycles. The molecule has 0 bridgehead atoms. The molecule has 1 N–H and O–H groups in total. The second-order valence-corrected chi connectivity index (χ2v) is 5.18. The summed E-state index contributed by atoms with van der Waals surface area (Å²) in [5, 5.41) is 4.30. The Morgan fingerprint density at radius 2 is 2.27 bits per heavy atom. The van der Waals surface area contributed by atoms with Crippen molar-refractivity contribution in [1.82, 2.24) is 14.3 Å². The molecule has 0 amide bonds. The van der Waals surface area contributed by atoms with Crippen LogP contribution in [0, 0.1) is 0 Å². The van der Waals surface area contributed by atoms with Crippen molar-refractivity contribution in [1.29, 1.82) is 0 Å². The van der Waals surface area contributed by atoms with Gasteiger partial charge in [0, 0.05) is 30.0 Å². The number of nitrogens with one attached hydrogen (secondary N) is 1. The molecule has 0 spiro atoms. The Kier molecular flexibility index (Phi) is 3.21. The van der Waals surface area contributed by atoms with Crippen molar-refractivity contribution in [2.45, 2.75) is 31.7 Å². The maximum absolute atomic E-state index is 4.48. The lowest BCUT2D eigenvalue weighted by atomic mass is 10.3. The van der Waals surface area contributed by atoms with Gasteiger partial charge in [-0.3, -0.25) is 0 Å². The van der Waals surface area contributed by atoms with Crippen molar-refractivity contribution in [2.75, 3.05) is 26.0 Å². The molecule has 1 unspecified atom stereocenters. The molecule has 0 saturated heterocycles. The zero-order valence-electron chi connectivity index (χ0n) is 9.53. The molecule has 5 heteroatoms. The molecule has 0 aliphatic heterocycles. The van der Waals surface area contributed by atoms with Crippen LogP contribution < -0.4 is 5.32 Å². The summed E-state index contributed by atoms with van der Waals surface area (Å²) in [6, 6.07) is 0.512. The fourth-order valence-corrected chi connectivity index (χ4v) is 1.88. The number of likely N-dealkylation sites (N-methyl/N-ethyl adjacent to an activating group) is 1. The van der Waals surface area contributed by atoms with Crippen LogP contribution in [-0.4, -0.2) is 40.9 Å². The summed E-state index contributed by atoms with van der Waals surface area (Å²) < 4.78 is 4.36. The van der Waals surface area contributed by atoms with Crippen molar-refractivity contribution in [3.05, 3.63) is 5.82 Å². The monoisotopic (exact) mass is 226 g/mol. The Balaban J connectivity index is 1.82. The van der Waals surface area contributed by atoms with Crippen LogP contribution >= 0.6 is 11.5 Å². The van der Waals surface area contributed by atoms with E-state index in [1.807, 2.05) is 0 Å². The number of anilines is 1. The first kappa shape index (κ1) is 10.8. The van der Waals surface area contributed by atoms with Crippen molar-refractivity contribution in [3.8, 4) is 0 Å². The van der Waals surface area contributed by atoms with Crippen LogP contribution in [0.2, 0.25) is 0 Å². The van der Waals surface area contributed by atoms with E-state index in [9.17, 15) is 0 Å². The topological polar surface area (TPSA) is 41.1 Å². The summed E-state index contributed by atoms with van der Waals surface area (Å²) in [6.45, 7) is 3.11. The van der Waals surface area contributed by atoms with Gasteiger partial charge in [0.1, 0.15) is 5.82 Å². The third-order valence-electron chi connectivity index (χ3n) is 2.81. The molecule has 1 aliphatic rings. The van der Waals surface area contributed by atoms with Gasteiger partial charge >= 0.3 is 0 Å². The molecule has 4 nitrogen and oxygen atoms in total. The van der Waals surface area contributed by atoms with Gasteiger partial charge in [-0.05, 0) is 33.9 Å². The fourth-order valence-electron chi connectivity index (χ4n) is 1.23. The van der Waals surface area contributed by atoms with Gasteiger partial charge in [-0.1, -0.05) is 0 Å². The second-order valence-electron chi connectivity index (χ2n) is 4.43. The minimum atomic E-state index is 0.512. The van der Waals surface area contributed by atoms with Crippen LogP contribution in [0.5, 0.6) is 0 Å². The molecule has 84 valence electrons. The number of hydrogen-bond donors (Lipinski definition) is 1. The average Bonchev–Trinajstić information content (AvgIpc) is 2.95. The van der Waals surface area contributed by atoms with Crippen LogP contribution in [0.25, 0.3) is 0 Å². The Hall–Kier alpha value is -0.680. The molecule has 15 heavy (non-hydrogen) atoms. The van der Waals surface area contributed by atoms with Crippen LogP contribution in [0.1, 0.15) is 31.5 Å². The highest BCUT2D eigenvalue weighted by Crippen LogP contribution is 2.39. The molecular formula is C10H18N4S. The Morgan fingerprint density at radius 1 is 1.53 bits per heavy atom. The van der Waals surface area contributed by atoms with E-state index in [0.29, 0.717) is 12.0 Å². The molecule has 1 atom stereocenters. The van der Waals surface area contributed by atoms with Crippen LogP contribution in [0.15, 0.2) is 0 Å². The van der Waals surface area contributed by atoms with Gasteiger partial charge in [-0.25, -0.2) is 4.98 Å². The molecule has 1 saturated carbocycles. The Labute approximate surface area is 94.9 Å². The number of nitrogens with zero attached hydrogens (tertiary/aromatic N) is 3. The average molecular weight is 226 g/mol. The van der Waals surface area contributed by atoms with Crippen LogP contribution in [0.3, 0.4) is 0 Å². The maximum atomic E-state index is 4.48. The number of aromatic nitrogens is 2. The summed E-state index contributed by atoms with van der Waals surface area (Å²) >= 11 is 1.48. The summed E-state index contributed by atoms with van der Waals surface area (Å²) in [7, 11) is 4.17. The van der Waals surface area contributed by atoms with E-state index in [4.69, 9.17) is 0 Å². The van der Waals surface area contributed by atoms with Gasteiger partial charge in [0.2, 0.25) is 5.13 Å². The predicted molar refractivity (Wildman–Crippen MR) is 63.5 cm³/mol. The molecule has 0 radical (unpaired) electrons. The van der Waals surface area contributed by atoms with Gasteiger partial charge < -0.3 is 10.2 Å². The van der Waals surface area contributed by atoms with Crippen molar-refractivity contribution < 1.29 is 0 Å². The van der Waals surface area contributed by atoms with Gasteiger partial charge in [0.25, 0.3) is 0 Å². The smallest absolute Gasteiger partial charge is 0.202 e. The first-order valence-corrected chi connectivity index (χ1v) is 6.18. The molecule has 1 aromatic heterocycles. The predicted octanol–water partition coefficient (Wildman–Crippen LogP) is 1.78. The first-order valence-electron chi connectivity index (χ1n) is 5.40. The Bertz CT molecular complexity index is 319. The van der Waals surface area contributed by atoms with E-state index < -0.39 is 0 Å². The molecule has 2 rings (SSSR count). The fraction of sp³-hybridized carbons (Fsp3) is 0.800. The van der Waals surface area contributed by atoms with E-state index in [2.05, 4.69) is 40.6 Å². The summed E-state index contributed by atoms with van der Waals surface area (Å²) in [6.07, 6.45) is 2.54. The van der Waals surface area contributed by atoms with Crippen molar-refractivity contribution in [3.63, 3.8) is 0 Å². The lowest BCUT2D eigenvalue weighted by molar-refractivity contribution is 0.326. The first-order chi connectivity index (χ1) is 7.16. The van der Waals surface area contributed by atoms with Gasteiger partial charge in [0.15, 0.2) is 0 Å². The molecule has 1 fully saturated rings. The Morgan fingerprint density at radius 3 is 2.87 bits per heavy atom. The number of hydrogen-bond acceptors (Lipinski definition) is 5. The SMILES string of the molecule is CC(CNc1nc(C2CC2)ns1)N(C)C. The van der Waals surface area contributed by atoms with E-state index in [-0.39, 0.29) is 0 Å². The molecular weight excluding hydrogens is 208 g/mol. The molecule has 1 heterocycles. The highest BCUT2D eigenvalue weighted by molar-refractivity contribution is 7.09. The zero-order valence-corrected chi connectivity index (χ0v) is 10.3. The third kappa shape index (κ3) is 2.89. The third-order valence-corrected chi connectivity index (χ3v) is 3.50. The normalized spacial score (nSPS) is 18.1. The molecule has 0 aromatic carbocycles. The summed E-state index contributed by atoms with van der Waals surface area (Å²) in [5.41, 5.74) is 0. The number of rotatable bonds is 5. The lowest BCUT2D eigenvalue weighted by Crippen LogP contribution is -2.31.